The van der Waals surface area contributed by atoms with E-state index in [2.05, 4.69) is 26.1 Å². The highest BCUT2D eigenvalue weighted by molar-refractivity contribution is 9.10. The van der Waals surface area contributed by atoms with Gasteiger partial charge in [0.1, 0.15) is 6.54 Å². The van der Waals surface area contributed by atoms with Crippen molar-refractivity contribution in [3.63, 3.8) is 0 Å². The fourth-order valence-corrected chi connectivity index (χ4v) is 2.16. The third-order valence-corrected chi connectivity index (χ3v) is 3.12. The molecule has 1 N–H and O–H groups in total. The average Bonchev–Trinajstić information content (AvgIpc) is 2.82. The molecule has 20 heavy (non-hydrogen) atoms. The Bertz CT molecular complexity index is 571. The number of halogens is 4. The molecular formula is C10H10BrF3N4O2. The first-order chi connectivity index (χ1) is 9.13. The molecule has 0 bridgehead atoms. The topological polar surface area (TPSA) is 70.7 Å². The highest BCUT2D eigenvalue weighted by Crippen LogP contribution is 2.40. The van der Waals surface area contributed by atoms with Gasteiger partial charge in [0.05, 0.1) is 10.7 Å². The second-order valence-electron chi connectivity index (χ2n) is 4.39. The van der Waals surface area contributed by atoms with Crippen molar-refractivity contribution in [2.75, 3.05) is 0 Å². The second kappa shape index (κ2) is 4.85. The Kier molecular flexibility index (Phi) is 3.63. The summed E-state index contributed by atoms with van der Waals surface area (Å²) in [6.45, 7) is 0.856. The number of amides is 1. The molecule has 0 radical (unpaired) electrons. The molecule has 6 nitrogen and oxygen atoms in total. The predicted octanol–water partition coefficient (Wildman–Crippen LogP) is 1.50. The van der Waals surface area contributed by atoms with Crippen LogP contribution >= 0.6 is 15.9 Å². The lowest BCUT2D eigenvalue weighted by Crippen LogP contribution is -2.57. The number of hydrazone groups is 1. The zero-order valence-electron chi connectivity index (χ0n) is 10.2. The third kappa shape index (κ3) is 2.57. The largest absolute Gasteiger partial charge is 0.438 e. The number of hydrogen-bond acceptors (Lipinski definition) is 4. The summed E-state index contributed by atoms with van der Waals surface area (Å²) in [5.41, 5.74) is -3.27. The number of aliphatic hydroxyl groups is 1. The van der Waals surface area contributed by atoms with Crippen LogP contribution in [0.5, 0.6) is 0 Å². The van der Waals surface area contributed by atoms with Crippen LogP contribution < -0.4 is 0 Å². The lowest BCUT2D eigenvalue weighted by atomic mass is 10.1. The smallest absolute Gasteiger partial charge is 0.362 e. The number of carbonyl (C=O) groups is 1. The van der Waals surface area contributed by atoms with Crippen LogP contribution in [-0.4, -0.2) is 43.4 Å². The molecule has 2 rings (SSSR count). The Hall–Kier alpha value is -1.42. The summed E-state index contributed by atoms with van der Waals surface area (Å²) < 4.78 is 40.5. The molecule has 1 aromatic rings. The average molecular weight is 355 g/mol. The highest BCUT2D eigenvalue weighted by atomic mass is 79.9. The van der Waals surface area contributed by atoms with Gasteiger partial charge in [0, 0.05) is 18.3 Å². The maximum atomic E-state index is 12.9. The second-order valence-corrected chi connectivity index (χ2v) is 5.30. The molecule has 1 amide bonds. The standard InChI is InChI=1S/C10H10BrF3N4O2/c1-6-2-9(20,10(12,13)14)18(16-6)8(19)5-17-4-7(11)3-15-17/h3-4,20H,2,5H2,1H3/t9-/m0/s1. The van der Waals surface area contributed by atoms with E-state index in [1.165, 1.54) is 19.3 Å². The maximum absolute atomic E-state index is 12.9. The summed E-state index contributed by atoms with van der Waals surface area (Å²) in [6.07, 6.45) is -2.93. The van der Waals surface area contributed by atoms with E-state index in [0.29, 0.717) is 4.47 Å². The minimum absolute atomic E-state index is 0.0276. The van der Waals surface area contributed by atoms with Crippen LogP contribution in [0.2, 0.25) is 0 Å². The summed E-state index contributed by atoms with van der Waals surface area (Å²) in [5, 5.41) is 17.1. The zero-order chi connectivity index (χ0) is 15.1. The molecule has 10 heteroatoms. The van der Waals surface area contributed by atoms with E-state index < -0.39 is 30.8 Å². The summed E-state index contributed by atoms with van der Waals surface area (Å²) in [7, 11) is 0. The molecule has 0 fully saturated rings. The summed E-state index contributed by atoms with van der Waals surface area (Å²) in [5.74, 6) is -1.00. The van der Waals surface area contributed by atoms with Gasteiger partial charge in [0.15, 0.2) is 0 Å². The van der Waals surface area contributed by atoms with Crippen LogP contribution in [0.3, 0.4) is 0 Å². The van der Waals surface area contributed by atoms with Gasteiger partial charge in [-0.05, 0) is 22.9 Å². The molecule has 1 aliphatic heterocycles. The van der Waals surface area contributed by atoms with Gasteiger partial charge in [0.25, 0.3) is 11.6 Å². The van der Waals surface area contributed by atoms with Crippen LogP contribution in [-0.2, 0) is 11.3 Å². The van der Waals surface area contributed by atoms with Crippen molar-refractivity contribution in [3.05, 3.63) is 16.9 Å². The van der Waals surface area contributed by atoms with Crippen molar-refractivity contribution < 1.29 is 23.1 Å². The minimum Gasteiger partial charge on any atom is -0.362 e. The molecular weight excluding hydrogens is 345 g/mol. The van der Waals surface area contributed by atoms with Crippen molar-refractivity contribution >= 4 is 27.5 Å². The van der Waals surface area contributed by atoms with Gasteiger partial charge in [-0.25, -0.2) is 0 Å². The van der Waals surface area contributed by atoms with E-state index in [1.807, 2.05) is 0 Å². The Morgan fingerprint density at radius 3 is 2.75 bits per heavy atom. The Morgan fingerprint density at radius 2 is 2.25 bits per heavy atom. The molecule has 0 spiro atoms. The monoisotopic (exact) mass is 354 g/mol. The van der Waals surface area contributed by atoms with Gasteiger partial charge in [-0.1, -0.05) is 0 Å². The van der Waals surface area contributed by atoms with E-state index >= 15 is 0 Å². The van der Waals surface area contributed by atoms with Crippen LogP contribution in [0.15, 0.2) is 22.0 Å². The van der Waals surface area contributed by atoms with Crippen molar-refractivity contribution in [2.45, 2.75) is 31.8 Å². The quantitative estimate of drug-likeness (QED) is 0.874. The molecule has 0 saturated carbocycles. The number of alkyl halides is 3. The molecule has 1 atom stereocenters. The first kappa shape index (κ1) is 15.0. The molecule has 0 aliphatic carbocycles. The molecule has 1 aromatic heterocycles. The van der Waals surface area contributed by atoms with Gasteiger partial charge in [-0.2, -0.15) is 28.4 Å². The van der Waals surface area contributed by atoms with E-state index in [9.17, 15) is 23.1 Å². The molecule has 1 aliphatic rings. The fraction of sp³-hybridized carbons (Fsp3) is 0.500. The van der Waals surface area contributed by atoms with Gasteiger partial charge in [-0.3, -0.25) is 9.48 Å². The number of carbonyl (C=O) groups excluding carboxylic acids is 1. The van der Waals surface area contributed by atoms with Crippen LogP contribution in [0.25, 0.3) is 0 Å². The Morgan fingerprint density at radius 1 is 1.60 bits per heavy atom. The van der Waals surface area contributed by atoms with Crippen LogP contribution in [0.4, 0.5) is 13.2 Å². The van der Waals surface area contributed by atoms with Gasteiger partial charge in [-0.15, -0.1) is 0 Å². The number of hydrogen-bond donors (Lipinski definition) is 1. The molecule has 0 saturated heterocycles. The summed E-state index contributed by atoms with van der Waals surface area (Å²) in [6, 6.07) is 0. The Balaban J connectivity index is 2.23. The van der Waals surface area contributed by atoms with Gasteiger partial charge in [0.2, 0.25) is 0 Å². The third-order valence-electron chi connectivity index (χ3n) is 2.71. The first-order valence-corrected chi connectivity index (χ1v) is 6.27. The number of nitrogens with zero attached hydrogens (tertiary/aromatic N) is 4. The van der Waals surface area contributed by atoms with E-state index in [-0.39, 0.29) is 10.7 Å². The van der Waals surface area contributed by atoms with Crippen molar-refractivity contribution in [1.29, 1.82) is 0 Å². The van der Waals surface area contributed by atoms with Crippen molar-refractivity contribution in [3.8, 4) is 0 Å². The summed E-state index contributed by atoms with van der Waals surface area (Å²) >= 11 is 3.10. The van der Waals surface area contributed by atoms with E-state index in [1.54, 1.807) is 0 Å². The molecule has 2 heterocycles. The lowest BCUT2D eigenvalue weighted by molar-refractivity contribution is -0.302. The van der Waals surface area contributed by atoms with E-state index in [0.717, 1.165) is 4.68 Å². The molecule has 110 valence electrons. The zero-order valence-corrected chi connectivity index (χ0v) is 11.8. The minimum atomic E-state index is -4.99. The van der Waals surface area contributed by atoms with Crippen LogP contribution in [0.1, 0.15) is 13.3 Å². The molecule has 0 unspecified atom stereocenters. The normalized spacial score (nSPS) is 23.1. The van der Waals surface area contributed by atoms with Gasteiger partial charge < -0.3 is 5.11 Å². The van der Waals surface area contributed by atoms with Crippen LogP contribution in [0, 0.1) is 0 Å². The summed E-state index contributed by atoms with van der Waals surface area (Å²) in [4.78, 5) is 11.9. The number of aromatic nitrogens is 2. The number of rotatable bonds is 2. The van der Waals surface area contributed by atoms with Gasteiger partial charge >= 0.3 is 6.18 Å². The molecule has 0 aromatic carbocycles. The fourth-order valence-electron chi connectivity index (χ4n) is 1.83. The Labute approximate surface area is 120 Å². The van der Waals surface area contributed by atoms with Crippen molar-refractivity contribution in [1.82, 2.24) is 14.8 Å². The SMILES string of the molecule is CC1=NN(C(=O)Cn2cc(Br)cn2)[C@@](O)(C(F)(F)F)C1. The highest BCUT2D eigenvalue weighted by Gasteiger charge is 2.62. The van der Waals surface area contributed by atoms with Crippen molar-refractivity contribution in [2.24, 2.45) is 5.10 Å². The predicted molar refractivity (Wildman–Crippen MR) is 65.5 cm³/mol. The maximum Gasteiger partial charge on any atom is 0.438 e. The lowest BCUT2D eigenvalue weighted by Gasteiger charge is -2.32. The van der Waals surface area contributed by atoms with E-state index in [4.69, 9.17) is 0 Å². The first-order valence-electron chi connectivity index (χ1n) is 5.48.